The maximum atomic E-state index is 11.4. The number of hydrogen-bond acceptors (Lipinski definition) is 3. The molecule has 0 unspecified atom stereocenters. The lowest BCUT2D eigenvalue weighted by molar-refractivity contribution is -0.0275. The number of ether oxygens (including phenoxy) is 1. The summed E-state index contributed by atoms with van der Waals surface area (Å²) < 4.78 is 5.28. The number of rotatable bonds is 4. The van der Waals surface area contributed by atoms with Crippen LogP contribution in [-0.4, -0.2) is 16.8 Å². The monoisotopic (exact) mass is 339 g/mol. The fourth-order valence-corrected chi connectivity index (χ4v) is 3.64. The van der Waals surface area contributed by atoms with Crippen molar-refractivity contribution in [3.05, 3.63) is 54.1 Å². The minimum absolute atomic E-state index is 0.131. The van der Waals surface area contributed by atoms with E-state index < -0.39 is 11.7 Å². The van der Waals surface area contributed by atoms with Crippen LogP contribution in [0.3, 0.4) is 0 Å². The molecule has 0 aliphatic heterocycles. The number of nitrogens with two attached hydrogens (primary N) is 1. The highest BCUT2D eigenvalue weighted by atomic mass is 16.5. The second-order valence-electron chi connectivity index (χ2n) is 6.97. The van der Waals surface area contributed by atoms with Crippen molar-refractivity contribution in [2.75, 3.05) is 0 Å². The second-order valence-corrected chi connectivity index (χ2v) is 6.97. The molecule has 2 aromatic rings. The summed E-state index contributed by atoms with van der Waals surface area (Å²) in [7, 11) is 0. The molecule has 0 radical (unpaired) electrons. The van der Waals surface area contributed by atoms with Crippen LogP contribution in [0.15, 0.2) is 48.5 Å². The molecule has 3 rings (SSSR count). The Hall–Kier alpha value is -2.33. The first kappa shape index (κ1) is 17.5. The molecule has 2 aromatic carbocycles. The van der Waals surface area contributed by atoms with Gasteiger partial charge in [0.2, 0.25) is 0 Å². The molecular weight excluding hydrogens is 314 g/mol. The smallest absolute Gasteiger partial charge is 0.409 e. The highest BCUT2D eigenvalue weighted by Gasteiger charge is 2.34. The van der Waals surface area contributed by atoms with Crippen molar-refractivity contribution in [3.8, 4) is 0 Å². The summed E-state index contributed by atoms with van der Waals surface area (Å²) in [5, 5.41) is 13.1. The van der Waals surface area contributed by atoms with Gasteiger partial charge in [0, 0.05) is 11.5 Å². The van der Waals surface area contributed by atoms with E-state index in [1.807, 2.05) is 55.5 Å². The Morgan fingerprint density at radius 2 is 1.84 bits per heavy atom. The van der Waals surface area contributed by atoms with E-state index in [0.717, 1.165) is 48.4 Å². The molecule has 1 atom stereocenters. The zero-order valence-electron chi connectivity index (χ0n) is 14.6. The summed E-state index contributed by atoms with van der Waals surface area (Å²) >= 11 is 0. The Bertz CT molecular complexity index is 791. The van der Waals surface area contributed by atoms with Crippen molar-refractivity contribution in [3.63, 3.8) is 0 Å². The van der Waals surface area contributed by atoms with Crippen molar-refractivity contribution in [1.82, 2.24) is 0 Å². The first-order valence-electron chi connectivity index (χ1n) is 8.89. The summed E-state index contributed by atoms with van der Waals surface area (Å²) in [6.07, 6.45) is 5.74. The lowest BCUT2D eigenvalue weighted by Crippen LogP contribution is -2.37. The number of fused-ring (bicyclic) bond motifs is 1. The molecule has 1 fully saturated rings. The van der Waals surface area contributed by atoms with E-state index in [9.17, 15) is 9.90 Å². The second kappa shape index (κ2) is 7.28. The van der Waals surface area contributed by atoms with Crippen LogP contribution in [0.2, 0.25) is 0 Å². The molecular formula is C21H25NO3. The van der Waals surface area contributed by atoms with Gasteiger partial charge < -0.3 is 15.6 Å². The van der Waals surface area contributed by atoms with Gasteiger partial charge >= 0.3 is 6.09 Å². The van der Waals surface area contributed by atoms with Crippen molar-refractivity contribution in [2.45, 2.75) is 44.6 Å². The first-order valence-corrected chi connectivity index (χ1v) is 8.89. The maximum Gasteiger partial charge on any atom is 0.409 e. The van der Waals surface area contributed by atoms with Gasteiger partial charge in [0.05, 0.1) is 5.60 Å². The van der Waals surface area contributed by atoms with Gasteiger partial charge in [-0.1, -0.05) is 62.6 Å². The van der Waals surface area contributed by atoms with E-state index in [4.69, 9.17) is 10.5 Å². The standard InChI is InChI=1S/C21H25NO3/c1-15(21(24)11-5-2-6-12-21)13-19(25-20(22)23)18-10-9-16-7-3-4-8-17(16)14-18/h3-4,7-10,13-15,24H,2,5-6,11-12H2,1H3,(H2,22,23)/b19-13-/t15-/m1/s1. The molecule has 25 heavy (non-hydrogen) atoms. The van der Waals surface area contributed by atoms with E-state index in [0.29, 0.717) is 5.76 Å². The molecule has 1 aliphatic rings. The molecule has 0 spiro atoms. The van der Waals surface area contributed by atoms with Crippen LogP contribution in [0.25, 0.3) is 16.5 Å². The van der Waals surface area contributed by atoms with E-state index in [1.54, 1.807) is 0 Å². The number of amides is 1. The molecule has 1 amide bonds. The molecule has 0 heterocycles. The highest BCUT2D eigenvalue weighted by molar-refractivity contribution is 5.86. The largest absolute Gasteiger partial charge is 0.410 e. The zero-order chi connectivity index (χ0) is 17.9. The van der Waals surface area contributed by atoms with Crippen LogP contribution >= 0.6 is 0 Å². The maximum absolute atomic E-state index is 11.4. The lowest BCUT2D eigenvalue weighted by Gasteiger charge is -2.36. The SMILES string of the molecule is C[C@H](/C=C(\OC(N)=O)c1ccc2ccccc2c1)C1(O)CCCCC1. The minimum atomic E-state index is -0.845. The van der Waals surface area contributed by atoms with E-state index in [2.05, 4.69) is 0 Å². The van der Waals surface area contributed by atoms with Gasteiger partial charge in [-0.15, -0.1) is 0 Å². The fourth-order valence-electron chi connectivity index (χ4n) is 3.64. The topological polar surface area (TPSA) is 72.5 Å². The summed E-state index contributed by atoms with van der Waals surface area (Å²) in [5.41, 5.74) is 5.30. The van der Waals surface area contributed by atoms with Crippen LogP contribution in [0.5, 0.6) is 0 Å². The Labute approximate surface area is 148 Å². The molecule has 1 aliphatic carbocycles. The summed E-state index contributed by atoms with van der Waals surface area (Å²) in [5.74, 6) is 0.276. The molecule has 0 saturated heterocycles. The van der Waals surface area contributed by atoms with E-state index >= 15 is 0 Å². The van der Waals surface area contributed by atoms with Crippen molar-refractivity contribution in [2.24, 2.45) is 11.7 Å². The quantitative estimate of drug-likeness (QED) is 0.799. The third-order valence-corrected chi connectivity index (χ3v) is 5.21. The summed E-state index contributed by atoms with van der Waals surface area (Å²) in [6, 6.07) is 13.9. The van der Waals surface area contributed by atoms with Gasteiger partial charge in [0.25, 0.3) is 0 Å². The van der Waals surface area contributed by atoms with Crippen LogP contribution in [-0.2, 0) is 4.74 Å². The molecule has 0 bridgehead atoms. The Morgan fingerprint density at radius 1 is 1.16 bits per heavy atom. The molecule has 4 nitrogen and oxygen atoms in total. The Balaban J connectivity index is 1.96. The van der Waals surface area contributed by atoms with Crippen LogP contribution in [0.4, 0.5) is 4.79 Å². The third kappa shape index (κ3) is 4.02. The molecule has 132 valence electrons. The van der Waals surface area contributed by atoms with Gasteiger partial charge in [0.15, 0.2) is 0 Å². The fraction of sp³-hybridized carbons (Fsp3) is 0.381. The van der Waals surface area contributed by atoms with Gasteiger partial charge in [-0.3, -0.25) is 0 Å². The van der Waals surface area contributed by atoms with Crippen LogP contribution in [0.1, 0.15) is 44.6 Å². The van der Waals surface area contributed by atoms with Crippen molar-refractivity contribution < 1.29 is 14.6 Å². The number of benzene rings is 2. The predicted octanol–water partition coefficient (Wildman–Crippen LogP) is 4.61. The van der Waals surface area contributed by atoms with E-state index in [-0.39, 0.29) is 5.92 Å². The number of carbonyl (C=O) groups excluding carboxylic acids is 1. The number of primary amides is 1. The Kier molecular flexibility index (Phi) is 5.09. The average molecular weight is 339 g/mol. The van der Waals surface area contributed by atoms with Crippen molar-refractivity contribution >= 4 is 22.6 Å². The van der Waals surface area contributed by atoms with Crippen LogP contribution < -0.4 is 5.73 Å². The van der Waals surface area contributed by atoms with Crippen molar-refractivity contribution in [1.29, 1.82) is 0 Å². The van der Waals surface area contributed by atoms with Gasteiger partial charge in [0.1, 0.15) is 5.76 Å². The average Bonchev–Trinajstić information content (AvgIpc) is 2.61. The van der Waals surface area contributed by atoms with Gasteiger partial charge in [-0.05, 0) is 35.8 Å². The zero-order valence-corrected chi connectivity index (χ0v) is 14.6. The lowest BCUT2D eigenvalue weighted by atomic mass is 9.76. The minimum Gasteiger partial charge on any atom is -0.410 e. The normalized spacial score (nSPS) is 18.7. The summed E-state index contributed by atoms with van der Waals surface area (Å²) in [4.78, 5) is 11.4. The first-order chi connectivity index (χ1) is 12.0. The summed E-state index contributed by atoms with van der Waals surface area (Å²) in [6.45, 7) is 1.97. The molecule has 4 heteroatoms. The molecule has 3 N–H and O–H groups in total. The number of hydrogen-bond donors (Lipinski definition) is 2. The highest BCUT2D eigenvalue weighted by Crippen LogP contribution is 2.36. The van der Waals surface area contributed by atoms with Crippen LogP contribution in [0, 0.1) is 5.92 Å². The molecule has 0 aromatic heterocycles. The molecule has 1 saturated carbocycles. The Morgan fingerprint density at radius 3 is 2.52 bits per heavy atom. The predicted molar refractivity (Wildman–Crippen MR) is 99.8 cm³/mol. The third-order valence-electron chi connectivity index (χ3n) is 5.21. The number of aliphatic hydroxyl groups is 1. The van der Waals surface area contributed by atoms with Gasteiger partial charge in [-0.2, -0.15) is 0 Å². The number of carbonyl (C=O) groups is 1. The van der Waals surface area contributed by atoms with E-state index in [1.165, 1.54) is 0 Å². The van der Waals surface area contributed by atoms with Gasteiger partial charge in [-0.25, -0.2) is 4.79 Å².